The maximum absolute atomic E-state index is 2.65. The third-order valence-corrected chi connectivity index (χ3v) is 17.0. The third kappa shape index (κ3) is 5.29. The molecule has 0 saturated carbocycles. The van der Waals surface area contributed by atoms with Gasteiger partial charge in [-0.25, -0.2) is 0 Å². The molecule has 6 heteroatoms. The minimum Gasteiger partial charge on any atom is -0.311 e. The zero-order chi connectivity index (χ0) is 48.5. The van der Waals surface area contributed by atoms with E-state index in [2.05, 4.69) is 263 Å². The van der Waals surface area contributed by atoms with Crippen LogP contribution in [0.2, 0.25) is 0 Å². The van der Waals surface area contributed by atoms with Gasteiger partial charge in [0.25, 0.3) is 13.4 Å². The standard InChI is InChI=1S/C68H44B2N4/c1-41-27-31-43(32-28-41)45-35-61-65-63(37-45)73-57-25-11-9-19-49(57)51-21-13-23-53(67(51)73)69(65)55-39-56-60(40-59(55)71(61)47-15-5-3-6-16-47)72(48-17-7-4-8-18-48)62-36-46(44-33-29-42(2)30-34-44)38-64-66(62)70(56)54-24-14-22-52-50-20-10-12-26-58(50)74(64)68(52)54/h3-40H,1-2H3. The van der Waals surface area contributed by atoms with Crippen LogP contribution in [0, 0.1) is 13.8 Å². The Morgan fingerprint density at radius 2 is 0.676 bits per heavy atom. The highest BCUT2D eigenvalue weighted by molar-refractivity contribution is 7.03. The van der Waals surface area contributed by atoms with Crippen molar-refractivity contribution >= 4 is 124 Å². The Morgan fingerprint density at radius 3 is 1.12 bits per heavy atom. The molecule has 0 radical (unpaired) electrons. The van der Waals surface area contributed by atoms with Gasteiger partial charge in [-0.2, -0.15) is 0 Å². The SMILES string of the molecule is Cc1ccc(-c2cc3c4c(c2)-n2c5ccccc5c5cccc(c52)B4c2cc4c(cc2N3c2ccccc2)N(c2ccccc2)c2cc(-c3ccc(C)cc3)cc3c2B4c2cccc4c5ccccc5n-3c24)cc1. The molecular weight excluding hydrogens is 894 g/mol. The van der Waals surface area contributed by atoms with Gasteiger partial charge >= 0.3 is 0 Å². The summed E-state index contributed by atoms with van der Waals surface area (Å²) in [6, 6.07) is 87.6. The van der Waals surface area contributed by atoms with Crippen LogP contribution in [0.4, 0.5) is 34.1 Å². The molecule has 0 unspecified atom stereocenters. The van der Waals surface area contributed by atoms with Crippen LogP contribution >= 0.6 is 0 Å². The molecule has 2 aromatic heterocycles. The second-order valence-electron chi connectivity index (χ2n) is 21.0. The number of hydrogen-bond donors (Lipinski definition) is 0. The van der Waals surface area contributed by atoms with Gasteiger partial charge in [-0.3, -0.25) is 0 Å². The molecule has 0 amide bonds. The highest BCUT2D eigenvalue weighted by Crippen LogP contribution is 2.48. The lowest BCUT2D eigenvalue weighted by atomic mass is 9.30. The predicted octanol–water partition coefficient (Wildman–Crippen LogP) is 13.1. The monoisotopic (exact) mass is 938 g/mol. The van der Waals surface area contributed by atoms with Gasteiger partial charge in [0, 0.05) is 78.1 Å². The molecule has 4 nitrogen and oxygen atoms in total. The average Bonchev–Trinajstić information content (AvgIpc) is 4.06. The van der Waals surface area contributed by atoms with Crippen LogP contribution < -0.4 is 42.6 Å². The van der Waals surface area contributed by atoms with Crippen molar-refractivity contribution < 1.29 is 0 Å². The second-order valence-corrected chi connectivity index (χ2v) is 21.0. The molecule has 13 aromatic rings. The molecule has 0 saturated heterocycles. The number of rotatable bonds is 4. The van der Waals surface area contributed by atoms with Gasteiger partial charge in [0.05, 0.1) is 11.0 Å². The van der Waals surface area contributed by atoms with E-state index >= 15 is 0 Å². The fourth-order valence-electron chi connectivity index (χ4n) is 13.8. The summed E-state index contributed by atoms with van der Waals surface area (Å²) in [6.07, 6.45) is 0. The number of nitrogens with zero attached hydrogens (tertiary/aromatic N) is 4. The van der Waals surface area contributed by atoms with Crippen LogP contribution in [0.15, 0.2) is 231 Å². The topological polar surface area (TPSA) is 16.3 Å². The maximum atomic E-state index is 2.65. The van der Waals surface area contributed by atoms with Gasteiger partial charge in [-0.15, -0.1) is 0 Å². The van der Waals surface area contributed by atoms with Crippen molar-refractivity contribution in [2.75, 3.05) is 9.80 Å². The summed E-state index contributed by atoms with van der Waals surface area (Å²) in [5, 5.41) is 5.14. The highest BCUT2D eigenvalue weighted by atomic mass is 15.2. The Balaban J connectivity index is 1.04. The van der Waals surface area contributed by atoms with E-state index in [0.29, 0.717) is 0 Å². The average molecular weight is 939 g/mol. The number of fused-ring (bicyclic) bond motifs is 14. The molecule has 6 heterocycles. The van der Waals surface area contributed by atoms with E-state index in [1.54, 1.807) is 0 Å². The molecule has 0 N–H and O–H groups in total. The Labute approximate surface area is 429 Å². The molecule has 0 fully saturated rings. The van der Waals surface area contributed by atoms with E-state index in [9.17, 15) is 0 Å². The summed E-state index contributed by atoms with van der Waals surface area (Å²) in [5.74, 6) is 0. The van der Waals surface area contributed by atoms with Gasteiger partial charge < -0.3 is 18.9 Å². The van der Waals surface area contributed by atoms with Crippen molar-refractivity contribution in [3.8, 4) is 33.6 Å². The van der Waals surface area contributed by atoms with E-state index in [1.165, 1.54) is 144 Å². The molecule has 17 rings (SSSR count). The maximum Gasteiger partial charge on any atom is 0.252 e. The zero-order valence-corrected chi connectivity index (χ0v) is 40.9. The van der Waals surface area contributed by atoms with E-state index in [-0.39, 0.29) is 13.4 Å². The van der Waals surface area contributed by atoms with Crippen molar-refractivity contribution in [1.29, 1.82) is 0 Å². The van der Waals surface area contributed by atoms with Crippen LogP contribution in [0.5, 0.6) is 0 Å². The first kappa shape index (κ1) is 40.4. The van der Waals surface area contributed by atoms with Crippen LogP contribution in [0.3, 0.4) is 0 Å². The fraction of sp³-hybridized carbons (Fsp3) is 0.0294. The van der Waals surface area contributed by atoms with Crippen molar-refractivity contribution in [1.82, 2.24) is 9.13 Å². The lowest BCUT2D eigenvalue weighted by molar-refractivity contribution is 1.17. The Bertz CT molecular complexity index is 4280. The molecular formula is C68H44B2N4. The number of anilines is 6. The van der Waals surface area contributed by atoms with Crippen LogP contribution in [-0.4, -0.2) is 22.6 Å². The fourth-order valence-corrected chi connectivity index (χ4v) is 13.8. The van der Waals surface area contributed by atoms with Crippen molar-refractivity contribution in [3.05, 3.63) is 242 Å². The van der Waals surface area contributed by atoms with E-state index in [1.807, 2.05) is 0 Å². The summed E-state index contributed by atoms with van der Waals surface area (Å²) < 4.78 is 5.18. The molecule has 0 atom stereocenters. The third-order valence-electron chi connectivity index (χ3n) is 17.0. The molecule has 74 heavy (non-hydrogen) atoms. The first-order valence-corrected chi connectivity index (χ1v) is 26.0. The minimum atomic E-state index is -0.0476. The quantitative estimate of drug-likeness (QED) is 0.164. The zero-order valence-electron chi connectivity index (χ0n) is 40.9. The summed E-state index contributed by atoms with van der Waals surface area (Å²) >= 11 is 0. The van der Waals surface area contributed by atoms with Crippen LogP contribution in [-0.2, 0) is 0 Å². The predicted molar refractivity (Wildman–Crippen MR) is 314 cm³/mol. The molecule has 342 valence electrons. The first-order valence-electron chi connectivity index (χ1n) is 26.0. The number of benzene rings is 11. The lowest BCUT2D eigenvalue weighted by Crippen LogP contribution is -2.64. The highest BCUT2D eigenvalue weighted by Gasteiger charge is 2.47. The number of para-hydroxylation sites is 6. The summed E-state index contributed by atoms with van der Waals surface area (Å²) in [6.45, 7) is 4.25. The Morgan fingerprint density at radius 1 is 0.284 bits per heavy atom. The van der Waals surface area contributed by atoms with Gasteiger partial charge in [-0.1, -0.05) is 175 Å². The molecule has 4 aliphatic rings. The number of hydrogen-bond acceptors (Lipinski definition) is 2. The molecule has 0 bridgehead atoms. The van der Waals surface area contributed by atoms with Crippen molar-refractivity contribution in [2.24, 2.45) is 0 Å². The minimum absolute atomic E-state index is 0.0476. The Kier molecular flexibility index (Phi) is 8.01. The molecule has 0 aliphatic carbocycles. The lowest BCUT2D eigenvalue weighted by Gasteiger charge is -2.44. The van der Waals surface area contributed by atoms with E-state index < -0.39 is 0 Å². The van der Waals surface area contributed by atoms with Crippen molar-refractivity contribution in [3.63, 3.8) is 0 Å². The number of aromatic nitrogens is 2. The molecule has 0 spiro atoms. The van der Waals surface area contributed by atoms with Crippen LogP contribution in [0.1, 0.15) is 11.1 Å². The smallest absolute Gasteiger partial charge is 0.252 e. The summed E-state index contributed by atoms with van der Waals surface area (Å²) in [7, 11) is 0. The normalized spacial score (nSPS) is 13.4. The van der Waals surface area contributed by atoms with Gasteiger partial charge in [0.1, 0.15) is 0 Å². The van der Waals surface area contributed by atoms with Gasteiger partial charge in [-0.05, 0) is 136 Å². The van der Waals surface area contributed by atoms with E-state index in [4.69, 9.17) is 0 Å². The second kappa shape index (κ2) is 14.7. The summed E-state index contributed by atoms with van der Waals surface area (Å²) in [4.78, 5) is 5.18. The van der Waals surface area contributed by atoms with Crippen molar-refractivity contribution in [2.45, 2.75) is 13.8 Å². The van der Waals surface area contributed by atoms with Gasteiger partial charge in [0.15, 0.2) is 0 Å². The first-order chi connectivity index (χ1) is 36.6. The largest absolute Gasteiger partial charge is 0.311 e. The molecule has 4 aliphatic heterocycles. The number of aryl methyl sites for hydroxylation is 2. The summed E-state index contributed by atoms with van der Waals surface area (Å²) in [5.41, 5.74) is 29.9. The van der Waals surface area contributed by atoms with Crippen LogP contribution in [0.25, 0.3) is 77.2 Å². The van der Waals surface area contributed by atoms with Gasteiger partial charge in [0.2, 0.25) is 0 Å². The molecule has 11 aromatic carbocycles. The Hall–Kier alpha value is -9.25. The van der Waals surface area contributed by atoms with E-state index in [0.717, 1.165) is 11.4 Å².